The molecule has 0 heterocycles. The Morgan fingerprint density at radius 1 is 1.20 bits per heavy atom. The van der Waals surface area contributed by atoms with Crippen LogP contribution in [0.3, 0.4) is 0 Å². The van der Waals surface area contributed by atoms with Gasteiger partial charge in [0.2, 0.25) is 0 Å². The van der Waals surface area contributed by atoms with Crippen LogP contribution in [-0.4, -0.2) is 34.2 Å². The molecular formula is C19H21BrO5. The second-order valence-electron chi connectivity index (χ2n) is 4.89. The Hall–Kier alpha value is -2.39. The molecule has 0 bridgehead atoms. The number of rotatable bonds is 8. The van der Waals surface area contributed by atoms with Gasteiger partial charge in [0, 0.05) is 10.5 Å². The highest BCUT2D eigenvalue weighted by molar-refractivity contribution is 9.10. The van der Waals surface area contributed by atoms with Gasteiger partial charge in [-0.2, -0.15) is 0 Å². The zero-order chi connectivity index (χ0) is 19.0. The summed E-state index contributed by atoms with van der Waals surface area (Å²) in [6, 6.07) is 3.56. The summed E-state index contributed by atoms with van der Waals surface area (Å²) in [5.74, 6) is 3.54. The average Bonchev–Trinajstić information content (AvgIpc) is 2.62. The van der Waals surface area contributed by atoms with Crippen molar-refractivity contribution < 1.29 is 23.7 Å². The lowest BCUT2D eigenvalue weighted by Gasteiger charge is -2.16. The van der Waals surface area contributed by atoms with E-state index < -0.39 is 0 Å². The number of ether oxygens (including phenoxy) is 4. The first-order valence-corrected chi connectivity index (χ1v) is 8.12. The van der Waals surface area contributed by atoms with Gasteiger partial charge in [0.15, 0.2) is 17.3 Å². The zero-order valence-electron chi connectivity index (χ0n) is 14.9. The van der Waals surface area contributed by atoms with Crippen LogP contribution in [0.15, 0.2) is 40.0 Å². The van der Waals surface area contributed by atoms with Crippen LogP contribution in [0.5, 0.6) is 5.75 Å². The lowest BCUT2D eigenvalue weighted by atomic mass is 10.00. The lowest BCUT2D eigenvalue weighted by molar-refractivity contribution is 0.0957. The summed E-state index contributed by atoms with van der Waals surface area (Å²) in [5, 5.41) is 0. The molecule has 6 heteroatoms. The molecule has 0 saturated carbocycles. The molecule has 0 saturated heterocycles. The van der Waals surface area contributed by atoms with E-state index >= 15 is 0 Å². The number of carbonyl (C=O) groups excluding carboxylic acids is 1. The smallest absolute Gasteiger partial charge is 0.200 e. The van der Waals surface area contributed by atoms with E-state index in [1.165, 1.54) is 34.5 Å². The van der Waals surface area contributed by atoms with Gasteiger partial charge in [-0.05, 0) is 24.6 Å². The summed E-state index contributed by atoms with van der Waals surface area (Å²) in [6.07, 6.45) is 6.64. The van der Waals surface area contributed by atoms with Gasteiger partial charge in [-0.3, -0.25) is 4.79 Å². The third-order valence-electron chi connectivity index (χ3n) is 3.54. The highest BCUT2D eigenvalue weighted by Gasteiger charge is 2.22. The molecule has 0 aliphatic rings. The number of allylic oxidation sites excluding steroid dienone is 2. The molecule has 1 aromatic rings. The normalized spacial score (nSPS) is 12.0. The van der Waals surface area contributed by atoms with Crippen molar-refractivity contribution in [1.29, 1.82) is 0 Å². The van der Waals surface area contributed by atoms with Gasteiger partial charge >= 0.3 is 0 Å². The van der Waals surface area contributed by atoms with E-state index in [2.05, 4.69) is 21.9 Å². The topological polar surface area (TPSA) is 54.0 Å². The second kappa shape index (κ2) is 9.80. The number of halogens is 1. The molecule has 0 atom stereocenters. The van der Waals surface area contributed by atoms with E-state index in [1.807, 2.05) is 13.0 Å². The van der Waals surface area contributed by atoms with E-state index in [0.717, 1.165) is 10.0 Å². The molecule has 0 unspecified atom stereocenters. The number of hydrogen-bond donors (Lipinski definition) is 0. The molecule has 0 amide bonds. The Morgan fingerprint density at radius 3 is 2.36 bits per heavy atom. The highest BCUT2D eigenvalue weighted by Crippen LogP contribution is 2.31. The monoisotopic (exact) mass is 408 g/mol. The van der Waals surface area contributed by atoms with E-state index in [-0.39, 0.29) is 18.0 Å². The van der Waals surface area contributed by atoms with E-state index in [1.54, 1.807) is 6.07 Å². The Balaban J connectivity index is 3.37. The number of Topliss-reactive ketones (excluding diaryl/α,β-unsaturated/α-hetero) is 1. The molecule has 0 aliphatic heterocycles. The van der Waals surface area contributed by atoms with Crippen molar-refractivity contribution in [3.63, 3.8) is 0 Å². The maximum absolute atomic E-state index is 12.9. The van der Waals surface area contributed by atoms with Crippen molar-refractivity contribution >= 4 is 21.7 Å². The first-order chi connectivity index (χ1) is 11.9. The quantitative estimate of drug-likeness (QED) is 0.281. The molecule has 0 fully saturated rings. The number of ketones is 1. The SMILES string of the molecule is C#C/C=C(OC)\C(OC)=C(/CC(=O)c1c(OC)ccc(Br)c1C)OC. The van der Waals surface area contributed by atoms with Gasteiger partial charge in [0.1, 0.15) is 11.5 Å². The highest BCUT2D eigenvalue weighted by atomic mass is 79.9. The number of benzene rings is 1. The van der Waals surface area contributed by atoms with Crippen molar-refractivity contribution in [2.24, 2.45) is 0 Å². The first-order valence-electron chi connectivity index (χ1n) is 7.33. The molecule has 0 aromatic heterocycles. The molecule has 134 valence electrons. The lowest BCUT2D eigenvalue weighted by Crippen LogP contribution is -2.10. The van der Waals surface area contributed by atoms with Crippen LogP contribution in [0.4, 0.5) is 0 Å². The van der Waals surface area contributed by atoms with Gasteiger partial charge in [-0.25, -0.2) is 0 Å². The third kappa shape index (κ3) is 4.80. The maximum Gasteiger partial charge on any atom is 0.200 e. The van der Waals surface area contributed by atoms with E-state index in [9.17, 15) is 4.79 Å². The summed E-state index contributed by atoms with van der Waals surface area (Å²) in [4.78, 5) is 12.9. The van der Waals surface area contributed by atoms with Crippen molar-refractivity contribution in [3.05, 3.63) is 51.1 Å². The summed E-state index contributed by atoms with van der Waals surface area (Å²) < 4.78 is 22.0. The maximum atomic E-state index is 12.9. The van der Waals surface area contributed by atoms with Gasteiger partial charge in [0.25, 0.3) is 0 Å². The molecule has 25 heavy (non-hydrogen) atoms. The Kier molecular flexibility index (Phi) is 8.09. The van der Waals surface area contributed by atoms with Gasteiger partial charge in [-0.1, -0.05) is 21.9 Å². The van der Waals surface area contributed by atoms with Crippen LogP contribution in [0.2, 0.25) is 0 Å². The van der Waals surface area contributed by atoms with Crippen LogP contribution >= 0.6 is 15.9 Å². The molecular weight excluding hydrogens is 388 g/mol. The van der Waals surface area contributed by atoms with Gasteiger partial charge in [0.05, 0.1) is 40.4 Å². The fraction of sp³-hybridized carbons (Fsp3) is 0.316. The predicted molar refractivity (Wildman–Crippen MR) is 99.3 cm³/mol. The summed E-state index contributed by atoms with van der Waals surface area (Å²) in [6.45, 7) is 1.84. The van der Waals surface area contributed by atoms with E-state index in [0.29, 0.717) is 22.8 Å². The molecule has 5 nitrogen and oxygen atoms in total. The van der Waals surface area contributed by atoms with Gasteiger partial charge < -0.3 is 18.9 Å². The Morgan fingerprint density at radius 2 is 1.88 bits per heavy atom. The standard InChI is InChI=1S/C19H21BrO5/c1-7-8-16(23-4)19(25-6)17(24-5)11-14(21)18-12(2)13(20)9-10-15(18)22-3/h1,8-10H,11H2,2-6H3/b16-8+,19-17-. The second-order valence-corrected chi connectivity index (χ2v) is 5.74. The summed E-state index contributed by atoms with van der Waals surface area (Å²) >= 11 is 3.43. The minimum absolute atomic E-state index is 0.0431. The fourth-order valence-corrected chi connectivity index (χ4v) is 2.63. The van der Waals surface area contributed by atoms with Crippen molar-refractivity contribution in [1.82, 2.24) is 0 Å². The molecule has 0 radical (unpaired) electrons. The van der Waals surface area contributed by atoms with Crippen molar-refractivity contribution in [3.8, 4) is 18.1 Å². The first kappa shape index (κ1) is 20.7. The number of hydrogen-bond acceptors (Lipinski definition) is 5. The summed E-state index contributed by atoms with van der Waals surface area (Å²) in [5.41, 5.74) is 1.26. The molecule has 0 aliphatic carbocycles. The number of carbonyl (C=O) groups is 1. The molecule has 1 aromatic carbocycles. The van der Waals surface area contributed by atoms with E-state index in [4.69, 9.17) is 25.4 Å². The summed E-state index contributed by atoms with van der Waals surface area (Å²) in [7, 11) is 5.88. The van der Waals surface area contributed by atoms with Crippen molar-refractivity contribution in [2.45, 2.75) is 13.3 Å². The van der Waals surface area contributed by atoms with Crippen LogP contribution < -0.4 is 4.74 Å². The molecule has 0 spiro atoms. The Bertz CT molecular complexity index is 741. The average molecular weight is 409 g/mol. The van der Waals surface area contributed by atoms with Crippen LogP contribution in [0, 0.1) is 19.3 Å². The fourth-order valence-electron chi connectivity index (χ4n) is 2.30. The zero-order valence-corrected chi connectivity index (χ0v) is 16.5. The Labute approximate surface area is 156 Å². The largest absolute Gasteiger partial charge is 0.497 e. The van der Waals surface area contributed by atoms with Crippen LogP contribution in [0.25, 0.3) is 0 Å². The van der Waals surface area contributed by atoms with Crippen molar-refractivity contribution in [2.75, 3.05) is 28.4 Å². The number of methoxy groups -OCH3 is 4. The predicted octanol–water partition coefficient (Wildman–Crippen LogP) is 4.01. The molecule has 0 N–H and O–H groups in total. The van der Waals surface area contributed by atoms with Crippen LogP contribution in [-0.2, 0) is 14.2 Å². The van der Waals surface area contributed by atoms with Gasteiger partial charge in [-0.15, -0.1) is 6.42 Å². The van der Waals surface area contributed by atoms with Crippen LogP contribution in [0.1, 0.15) is 22.3 Å². The molecule has 1 rings (SSSR count). The number of terminal acetylenes is 1. The minimum atomic E-state index is -0.182. The minimum Gasteiger partial charge on any atom is -0.497 e. The third-order valence-corrected chi connectivity index (χ3v) is 4.40.